The van der Waals surface area contributed by atoms with Crippen molar-refractivity contribution in [3.05, 3.63) is 16.7 Å². The van der Waals surface area contributed by atoms with Crippen LogP contribution in [0, 0.1) is 0 Å². The molecule has 1 aliphatic heterocycles. The zero-order valence-corrected chi connectivity index (χ0v) is 17.2. The molecule has 0 saturated carbocycles. The standard InChI is InChI=1S/C15H24BN5O4S2/c1-15(2,16)27-26-7-24-9-5-10(25-8(9)3-4-22)21-6-18-11-12(21)19-14(17)20-13(11)23/h6,8-10,22H,3-5,7,16H2,1-2H3,(H3,17,19,20,23)/t8?,9-,10-/m1/s1. The molecule has 0 aromatic carbocycles. The lowest BCUT2D eigenvalue weighted by molar-refractivity contribution is -0.0383. The molecule has 1 unspecified atom stereocenters. The number of hydrogen-bond acceptors (Lipinski definition) is 9. The van der Waals surface area contributed by atoms with Gasteiger partial charge < -0.3 is 20.3 Å². The van der Waals surface area contributed by atoms with E-state index >= 15 is 0 Å². The summed E-state index contributed by atoms with van der Waals surface area (Å²) in [5.41, 5.74) is 5.87. The number of aliphatic hydroxyl groups is 1. The summed E-state index contributed by atoms with van der Waals surface area (Å²) in [5.74, 6) is 0.558. The van der Waals surface area contributed by atoms with E-state index in [0.29, 0.717) is 24.4 Å². The smallest absolute Gasteiger partial charge is 0.280 e. The van der Waals surface area contributed by atoms with Gasteiger partial charge in [0.2, 0.25) is 5.95 Å². The van der Waals surface area contributed by atoms with E-state index in [4.69, 9.17) is 15.2 Å². The molecule has 3 rings (SSSR count). The molecule has 3 atom stereocenters. The summed E-state index contributed by atoms with van der Waals surface area (Å²) in [7, 11) is 5.57. The molecule has 1 aliphatic rings. The van der Waals surface area contributed by atoms with Gasteiger partial charge in [0, 0.05) is 13.0 Å². The summed E-state index contributed by atoms with van der Waals surface area (Å²) in [6.45, 7) is 4.31. The fourth-order valence-corrected chi connectivity index (χ4v) is 4.90. The largest absolute Gasteiger partial charge is 0.396 e. The molecule has 12 heteroatoms. The minimum absolute atomic E-state index is 0.0106. The Morgan fingerprint density at radius 1 is 1.59 bits per heavy atom. The first-order chi connectivity index (χ1) is 12.8. The van der Waals surface area contributed by atoms with Crippen LogP contribution in [0.4, 0.5) is 5.95 Å². The van der Waals surface area contributed by atoms with Gasteiger partial charge in [-0.25, -0.2) is 4.98 Å². The monoisotopic (exact) mass is 413 g/mol. The minimum Gasteiger partial charge on any atom is -0.396 e. The van der Waals surface area contributed by atoms with Crippen molar-refractivity contribution in [2.45, 2.75) is 49.8 Å². The topological polar surface area (TPSA) is 128 Å². The van der Waals surface area contributed by atoms with Gasteiger partial charge in [-0.3, -0.25) is 14.3 Å². The van der Waals surface area contributed by atoms with E-state index in [1.165, 1.54) is 6.33 Å². The van der Waals surface area contributed by atoms with Crippen molar-refractivity contribution in [2.24, 2.45) is 0 Å². The second-order valence-electron chi connectivity index (χ2n) is 7.29. The Labute approximate surface area is 165 Å². The molecule has 148 valence electrons. The first-order valence-electron chi connectivity index (χ1n) is 8.69. The quantitative estimate of drug-likeness (QED) is 0.245. The Balaban J connectivity index is 1.72. The molecule has 27 heavy (non-hydrogen) atoms. The maximum Gasteiger partial charge on any atom is 0.280 e. The van der Waals surface area contributed by atoms with E-state index in [-0.39, 0.29) is 46.7 Å². The Morgan fingerprint density at radius 3 is 3.07 bits per heavy atom. The predicted octanol–water partition coefficient (Wildman–Crippen LogP) is 0.465. The van der Waals surface area contributed by atoms with Crippen molar-refractivity contribution in [3.63, 3.8) is 0 Å². The highest BCUT2D eigenvalue weighted by Gasteiger charge is 2.37. The number of rotatable bonds is 8. The number of nitrogens with one attached hydrogen (secondary N) is 1. The van der Waals surface area contributed by atoms with Gasteiger partial charge in [0.25, 0.3) is 5.56 Å². The van der Waals surface area contributed by atoms with Gasteiger partial charge in [-0.2, -0.15) is 4.98 Å². The fourth-order valence-electron chi connectivity index (χ4n) is 2.90. The van der Waals surface area contributed by atoms with Crippen LogP contribution in [0.2, 0.25) is 0 Å². The molecule has 2 aromatic heterocycles. The van der Waals surface area contributed by atoms with Gasteiger partial charge in [-0.15, -0.1) is 0 Å². The second-order valence-corrected chi connectivity index (χ2v) is 10.4. The van der Waals surface area contributed by atoms with Crippen LogP contribution in [0.1, 0.15) is 32.9 Å². The summed E-state index contributed by atoms with van der Waals surface area (Å²) < 4.78 is 13.9. The summed E-state index contributed by atoms with van der Waals surface area (Å²) in [4.78, 5) is 22.7. The number of aromatic nitrogens is 4. The lowest BCUT2D eigenvalue weighted by Crippen LogP contribution is -2.25. The molecule has 0 aliphatic carbocycles. The average Bonchev–Trinajstić information content (AvgIpc) is 3.15. The average molecular weight is 413 g/mol. The summed E-state index contributed by atoms with van der Waals surface area (Å²) in [6.07, 6.45) is 1.79. The fraction of sp³-hybridized carbons (Fsp3) is 0.667. The van der Waals surface area contributed by atoms with E-state index in [0.717, 1.165) is 0 Å². The molecule has 9 nitrogen and oxygen atoms in total. The highest BCUT2D eigenvalue weighted by Crippen LogP contribution is 2.37. The highest BCUT2D eigenvalue weighted by atomic mass is 33.1. The minimum atomic E-state index is -0.385. The maximum absolute atomic E-state index is 12.0. The number of nitrogens with two attached hydrogens (primary N) is 1. The number of anilines is 1. The second kappa shape index (κ2) is 8.44. The zero-order valence-electron chi connectivity index (χ0n) is 15.5. The molecular weight excluding hydrogens is 389 g/mol. The Hall–Kier alpha value is -1.21. The Bertz CT molecular complexity index is 840. The van der Waals surface area contributed by atoms with Gasteiger partial charge >= 0.3 is 0 Å². The van der Waals surface area contributed by atoms with Crippen LogP contribution in [0.25, 0.3) is 11.2 Å². The van der Waals surface area contributed by atoms with E-state index in [9.17, 15) is 9.90 Å². The van der Waals surface area contributed by atoms with E-state index in [1.807, 2.05) is 0 Å². The first-order valence-corrected chi connectivity index (χ1v) is 11.0. The van der Waals surface area contributed by atoms with Crippen LogP contribution in [0.5, 0.6) is 0 Å². The van der Waals surface area contributed by atoms with Crippen LogP contribution in [-0.2, 0) is 9.47 Å². The molecule has 1 saturated heterocycles. The van der Waals surface area contributed by atoms with E-state index in [1.54, 1.807) is 26.2 Å². The van der Waals surface area contributed by atoms with Crippen molar-refractivity contribution >= 4 is 46.5 Å². The third kappa shape index (κ3) is 4.99. The Kier molecular flexibility index (Phi) is 6.41. The van der Waals surface area contributed by atoms with E-state index < -0.39 is 0 Å². The predicted molar refractivity (Wildman–Crippen MR) is 110 cm³/mol. The Morgan fingerprint density at radius 2 is 2.37 bits per heavy atom. The lowest BCUT2D eigenvalue weighted by Gasteiger charge is -2.20. The first kappa shape index (κ1) is 20.5. The van der Waals surface area contributed by atoms with Crippen molar-refractivity contribution in [1.82, 2.24) is 19.5 Å². The van der Waals surface area contributed by atoms with Crippen molar-refractivity contribution in [1.29, 1.82) is 0 Å². The third-order valence-corrected chi connectivity index (χ3v) is 6.99. The molecule has 0 amide bonds. The summed E-state index contributed by atoms with van der Waals surface area (Å²) in [6, 6.07) is 0. The van der Waals surface area contributed by atoms with Gasteiger partial charge in [0.05, 0.1) is 18.5 Å². The van der Waals surface area contributed by atoms with Crippen molar-refractivity contribution in [2.75, 3.05) is 18.3 Å². The molecule has 2 aromatic rings. The number of nitrogen functional groups attached to an aromatic ring is 1. The molecule has 3 heterocycles. The van der Waals surface area contributed by atoms with Gasteiger partial charge in [0.15, 0.2) is 11.2 Å². The van der Waals surface area contributed by atoms with Crippen LogP contribution in [-0.4, -0.2) is 61.9 Å². The van der Waals surface area contributed by atoms with Gasteiger partial charge in [-0.1, -0.05) is 35.4 Å². The number of ether oxygens (including phenoxy) is 2. The highest BCUT2D eigenvalue weighted by molar-refractivity contribution is 8.77. The number of fused-ring (bicyclic) bond motifs is 1. The van der Waals surface area contributed by atoms with Gasteiger partial charge in [-0.05, 0) is 11.1 Å². The van der Waals surface area contributed by atoms with Crippen LogP contribution in [0.3, 0.4) is 0 Å². The van der Waals surface area contributed by atoms with Crippen molar-refractivity contribution < 1.29 is 14.6 Å². The number of hydrogen-bond donors (Lipinski definition) is 3. The third-order valence-electron chi connectivity index (χ3n) is 3.99. The number of nitrogens with zero attached hydrogens (tertiary/aromatic N) is 3. The zero-order chi connectivity index (χ0) is 19.6. The molecule has 4 N–H and O–H groups in total. The number of aliphatic hydroxyl groups excluding tert-OH is 1. The lowest BCUT2D eigenvalue weighted by atomic mass is 9.91. The van der Waals surface area contributed by atoms with Crippen molar-refractivity contribution in [3.8, 4) is 0 Å². The molecule has 0 spiro atoms. The molecular formula is C15H24BN5O4S2. The number of imidazole rings is 1. The number of H-pyrrole nitrogens is 1. The summed E-state index contributed by atoms with van der Waals surface area (Å²) in [5, 5.41) is 9.35. The number of aromatic amines is 1. The van der Waals surface area contributed by atoms with Crippen LogP contribution < -0.4 is 11.3 Å². The van der Waals surface area contributed by atoms with Gasteiger partial charge in [0.1, 0.15) is 20.0 Å². The SMILES string of the molecule is BC(C)(C)SSCO[C@@H]1C[C@H](n2cnc3c(=O)[nH]c(N)nc32)OC1CCO. The normalized spacial score (nSPS) is 23.3. The van der Waals surface area contributed by atoms with E-state index in [2.05, 4.69) is 36.6 Å². The molecule has 0 radical (unpaired) electrons. The van der Waals surface area contributed by atoms with Crippen LogP contribution in [0.15, 0.2) is 11.1 Å². The molecule has 1 fully saturated rings. The summed E-state index contributed by atoms with van der Waals surface area (Å²) >= 11 is 0. The van der Waals surface area contributed by atoms with Crippen LogP contribution >= 0.6 is 21.6 Å². The maximum atomic E-state index is 12.0. The molecule has 0 bridgehead atoms.